The van der Waals surface area contributed by atoms with Crippen LogP contribution in [0.3, 0.4) is 0 Å². The molecule has 8 heteroatoms. The van der Waals surface area contributed by atoms with E-state index in [9.17, 15) is 4.79 Å². The van der Waals surface area contributed by atoms with E-state index in [-0.39, 0.29) is 12.6 Å². The lowest BCUT2D eigenvalue weighted by molar-refractivity contribution is -0.140. The van der Waals surface area contributed by atoms with Crippen LogP contribution in [0.5, 0.6) is 0 Å². The Balaban J connectivity index is 1.50. The number of carboxylic acid groups (broad SMARTS) is 1. The Labute approximate surface area is 190 Å². The summed E-state index contributed by atoms with van der Waals surface area (Å²) in [5.74, 6) is -0.686. The summed E-state index contributed by atoms with van der Waals surface area (Å²) in [6.45, 7) is 1.83. The number of aliphatic hydroxyl groups excluding tert-OH is 1. The van der Waals surface area contributed by atoms with E-state index in [2.05, 4.69) is 39.0 Å². The van der Waals surface area contributed by atoms with E-state index in [1.165, 1.54) is 0 Å². The highest BCUT2D eigenvalue weighted by molar-refractivity contribution is 5.75. The number of nitrogens with one attached hydrogen (secondary N) is 2. The molecule has 0 aliphatic heterocycles. The minimum Gasteiger partial charge on any atom is -0.480 e. The third-order valence-corrected chi connectivity index (χ3v) is 5.29. The third-order valence-electron chi connectivity index (χ3n) is 5.29. The molecule has 0 saturated carbocycles. The number of aliphatic carboxylic acids is 1. The Morgan fingerprint density at radius 2 is 1.76 bits per heavy atom. The molecule has 4 N–H and O–H groups in total. The zero-order valence-corrected chi connectivity index (χ0v) is 18.0. The molecule has 0 spiro atoms. The number of hydrogen-bond donors (Lipinski definition) is 4. The predicted octanol–water partition coefficient (Wildman–Crippen LogP) is 3.99. The molecular formula is C25H24N4O4. The molecule has 1 aromatic heterocycles. The van der Waals surface area contributed by atoms with E-state index in [1.807, 2.05) is 61.5 Å². The summed E-state index contributed by atoms with van der Waals surface area (Å²) in [6, 6.07) is 22.7. The Morgan fingerprint density at radius 3 is 2.52 bits per heavy atom. The van der Waals surface area contributed by atoms with Gasteiger partial charge < -0.3 is 19.9 Å². The summed E-state index contributed by atoms with van der Waals surface area (Å²) in [6.07, 6.45) is 0. The molecular weight excluding hydrogens is 420 g/mol. The second-order valence-corrected chi connectivity index (χ2v) is 7.54. The number of carbonyl (C=O) groups is 1. The van der Waals surface area contributed by atoms with Crippen molar-refractivity contribution in [3.63, 3.8) is 0 Å². The molecule has 1 atom stereocenters. The van der Waals surface area contributed by atoms with Gasteiger partial charge in [-0.3, -0.25) is 10.1 Å². The van der Waals surface area contributed by atoms with Crippen molar-refractivity contribution in [3.8, 4) is 22.6 Å². The Hall–Kier alpha value is -4.01. The summed E-state index contributed by atoms with van der Waals surface area (Å²) in [7, 11) is 0. The maximum atomic E-state index is 11.0. The first kappa shape index (κ1) is 22.2. The second kappa shape index (κ2) is 10.1. The topological polar surface area (TPSA) is 121 Å². The lowest BCUT2D eigenvalue weighted by Crippen LogP contribution is -2.39. The fourth-order valence-electron chi connectivity index (χ4n) is 3.53. The maximum Gasteiger partial charge on any atom is 0.323 e. The van der Waals surface area contributed by atoms with E-state index in [0.717, 1.165) is 33.5 Å². The maximum absolute atomic E-state index is 11.0. The van der Waals surface area contributed by atoms with Gasteiger partial charge in [0.25, 0.3) is 0 Å². The van der Waals surface area contributed by atoms with Crippen LogP contribution in [-0.2, 0) is 11.3 Å². The third kappa shape index (κ3) is 5.25. The average Bonchev–Trinajstić information content (AvgIpc) is 3.28. The summed E-state index contributed by atoms with van der Waals surface area (Å²) in [5, 5.41) is 32.4. The monoisotopic (exact) mass is 444 g/mol. The van der Waals surface area contributed by atoms with Crippen molar-refractivity contribution >= 4 is 17.7 Å². The van der Waals surface area contributed by atoms with Crippen LogP contribution in [-0.4, -0.2) is 39.0 Å². The average molecular weight is 444 g/mol. The van der Waals surface area contributed by atoms with Gasteiger partial charge in [-0.1, -0.05) is 59.7 Å². The molecule has 4 rings (SSSR count). The van der Waals surface area contributed by atoms with Gasteiger partial charge in [-0.2, -0.15) is 0 Å². The highest BCUT2D eigenvalue weighted by atomic mass is 16.4. The van der Waals surface area contributed by atoms with Gasteiger partial charge in [0.1, 0.15) is 6.04 Å². The number of anilines is 2. The van der Waals surface area contributed by atoms with Crippen LogP contribution in [0.1, 0.15) is 11.1 Å². The Bertz CT molecular complexity index is 1240. The molecule has 0 bridgehead atoms. The van der Waals surface area contributed by atoms with Crippen molar-refractivity contribution in [3.05, 3.63) is 83.9 Å². The summed E-state index contributed by atoms with van der Waals surface area (Å²) >= 11 is 0. The van der Waals surface area contributed by atoms with Crippen LogP contribution in [0.4, 0.5) is 11.7 Å². The highest BCUT2D eigenvalue weighted by Crippen LogP contribution is 2.32. The van der Waals surface area contributed by atoms with Crippen molar-refractivity contribution in [2.45, 2.75) is 19.5 Å². The minimum absolute atomic E-state index is 0.249. The number of aromatic nitrogens is 2. The second-order valence-electron chi connectivity index (χ2n) is 7.54. The van der Waals surface area contributed by atoms with E-state index in [1.54, 1.807) is 0 Å². The first-order valence-corrected chi connectivity index (χ1v) is 10.5. The molecule has 168 valence electrons. The van der Waals surface area contributed by atoms with Crippen LogP contribution in [0.2, 0.25) is 0 Å². The summed E-state index contributed by atoms with van der Waals surface area (Å²) in [5.41, 5.74) is 5.68. The Morgan fingerprint density at radius 1 is 1.00 bits per heavy atom. The summed E-state index contributed by atoms with van der Waals surface area (Å²) in [4.78, 5) is 11.0. The van der Waals surface area contributed by atoms with Gasteiger partial charge in [0.2, 0.25) is 5.89 Å². The van der Waals surface area contributed by atoms with Gasteiger partial charge in [-0.05, 0) is 47.4 Å². The number of aliphatic hydroxyl groups is 1. The van der Waals surface area contributed by atoms with Crippen molar-refractivity contribution in [2.24, 2.45) is 0 Å². The van der Waals surface area contributed by atoms with Crippen molar-refractivity contribution in [2.75, 3.05) is 11.9 Å². The van der Waals surface area contributed by atoms with Gasteiger partial charge in [-0.25, -0.2) is 0 Å². The summed E-state index contributed by atoms with van der Waals surface area (Å²) < 4.78 is 5.87. The smallest absolute Gasteiger partial charge is 0.323 e. The minimum atomic E-state index is -1.10. The molecule has 1 heterocycles. The lowest BCUT2D eigenvalue weighted by atomic mass is 9.96. The van der Waals surface area contributed by atoms with Gasteiger partial charge >= 0.3 is 12.0 Å². The molecule has 1 unspecified atom stereocenters. The molecule has 0 fully saturated rings. The largest absolute Gasteiger partial charge is 0.480 e. The number of rotatable bonds is 9. The molecule has 3 aromatic carbocycles. The van der Waals surface area contributed by atoms with E-state index in [4.69, 9.17) is 14.6 Å². The molecule has 0 radical (unpaired) electrons. The molecule has 0 amide bonds. The van der Waals surface area contributed by atoms with Crippen LogP contribution in [0, 0.1) is 6.92 Å². The van der Waals surface area contributed by atoms with Gasteiger partial charge in [0.15, 0.2) is 0 Å². The van der Waals surface area contributed by atoms with Crippen LogP contribution in [0.15, 0.2) is 77.2 Å². The molecule has 33 heavy (non-hydrogen) atoms. The predicted molar refractivity (Wildman–Crippen MR) is 125 cm³/mol. The van der Waals surface area contributed by atoms with Gasteiger partial charge in [-0.15, -0.1) is 5.10 Å². The normalized spacial score (nSPS) is 11.8. The number of nitrogens with zero attached hydrogens (tertiary/aromatic N) is 2. The Kier molecular flexibility index (Phi) is 6.77. The number of carboxylic acids is 1. The molecule has 0 aliphatic rings. The molecule has 4 aromatic rings. The SMILES string of the molecule is Cc1c(-c2ccccc2)cccc1-c1nnc(Nc2cccc(CNC(CO)C(=O)O)c2)o1. The fourth-order valence-corrected chi connectivity index (χ4v) is 3.53. The van der Waals surface area contributed by atoms with Crippen molar-refractivity contribution < 1.29 is 19.4 Å². The van der Waals surface area contributed by atoms with E-state index >= 15 is 0 Å². The quantitative estimate of drug-likeness (QED) is 0.306. The first-order chi connectivity index (χ1) is 16.0. The first-order valence-electron chi connectivity index (χ1n) is 10.5. The van der Waals surface area contributed by atoms with Crippen LogP contribution in [0.25, 0.3) is 22.6 Å². The van der Waals surface area contributed by atoms with Gasteiger partial charge in [0, 0.05) is 17.8 Å². The zero-order valence-electron chi connectivity index (χ0n) is 18.0. The number of hydrogen-bond acceptors (Lipinski definition) is 7. The molecule has 0 saturated heterocycles. The molecule has 8 nitrogen and oxygen atoms in total. The van der Waals surface area contributed by atoms with E-state index in [0.29, 0.717) is 5.89 Å². The van der Waals surface area contributed by atoms with Gasteiger partial charge in [0.05, 0.1) is 6.61 Å². The fraction of sp³-hybridized carbons (Fsp3) is 0.160. The standard InChI is InChI=1S/C25H24N4O4/c1-16-20(18-8-3-2-4-9-18)11-6-12-21(16)23-28-29-25(33-23)27-19-10-5-7-17(13-19)14-26-22(15-30)24(31)32/h2-13,22,26,30H,14-15H2,1H3,(H,27,29)(H,31,32). The van der Waals surface area contributed by atoms with Crippen LogP contribution >= 0.6 is 0 Å². The molecule has 0 aliphatic carbocycles. The highest BCUT2D eigenvalue weighted by Gasteiger charge is 2.16. The van der Waals surface area contributed by atoms with Crippen molar-refractivity contribution in [1.29, 1.82) is 0 Å². The lowest BCUT2D eigenvalue weighted by Gasteiger charge is -2.12. The van der Waals surface area contributed by atoms with E-state index < -0.39 is 18.6 Å². The van der Waals surface area contributed by atoms with Crippen LogP contribution < -0.4 is 10.6 Å². The number of benzene rings is 3. The zero-order chi connectivity index (χ0) is 23.2. The van der Waals surface area contributed by atoms with Crippen molar-refractivity contribution in [1.82, 2.24) is 15.5 Å².